The molecule has 2 aliphatic rings. The fourth-order valence-electron chi connectivity index (χ4n) is 13.8. The maximum atomic E-state index is 5.65. The maximum Gasteiger partial charge on any atom is 0.164 e. The first-order valence-electron chi connectivity index (χ1n) is 29.4. The van der Waals surface area contributed by atoms with E-state index in [1.165, 1.54) is 87.6 Å². The van der Waals surface area contributed by atoms with Crippen molar-refractivity contribution in [2.24, 2.45) is 0 Å². The quantitative estimate of drug-likeness (QED) is 0.130. The van der Waals surface area contributed by atoms with Crippen molar-refractivity contribution in [1.29, 1.82) is 0 Å². The van der Waals surface area contributed by atoms with Crippen LogP contribution in [0.25, 0.3) is 117 Å². The minimum Gasteiger partial charge on any atom is -0.307 e. The molecular formula is C74H70N6S3. The van der Waals surface area contributed by atoms with E-state index in [2.05, 4.69) is 252 Å². The van der Waals surface area contributed by atoms with Crippen molar-refractivity contribution < 1.29 is 0 Å². The first kappa shape index (κ1) is 52.1. The van der Waals surface area contributed by atoms with Crippen molar-refractivity contribution >= 4 is 95.5 Å². The second-order valence-corrected chi connectivity index (χ2v) is 36.8. The average molecular weight is 1140 g/mol. The van der Waals surface area contributed by atoms with Gasteiger partial charge in [-0.3, -0.25) is 0 Å². The minimum atomic E-state index is -1.05. The van der Waals surface area contributed by atoms with E-state index in [4.69, 9.17) is 15.0 Å². The summed E-state index contributed by atoms with van der Waals surface area (Å²) < 4.78 is 7.53. The molecule has 0 amide bonds. The van der Waals surface area contributed by atoms with Crippen LogP contribution < -0.4 is 0 Å². The molecule has 4 heterocycles. The normalized spacial score (nSPS) is 15.4. The van der Waals surface area contributed by atoms with Crippen molar-refractivity contribution in [3.63, 3.8) is 0 Å². The molecule has 2 aliphatic carbocycles. The van der Waals surface area contributed by atoms with Crippen molar-refractivity contribution in [2.45, 2.75) is 76.6 Å². The van der Waals surface area contributed by atoms with E-state index in [0.29, 0.717) is 17.5 Å². The van der Waals surface area contributed by atoms with Crippen molar-refractivity contribution in [2.75, 3.05) is 43.8 Å². The molecule has 83 heavy (non-hydrogen) atoms. The summed E-state index contributed by atoms with van der Waals surface area (Å²) in [5.41, 5.74) is 12.5. The molecular weight excluding hydrogens is 1070 g/mol. The summed E-state index contributed by atoms with van der Waals surface area (Å²) in [6.07, 6.45) is 27.8. The van der Waals surface area contributed by atoms with E-state index in [-0.39, 0.29) is 0 Å². The van der Waals surface area contributed by atoms with E-state index in [1.54, 1.807) is 0 Å². The number of nitrogens with zero attached hydrogens (tertiary/aromatic N) is 6. The first-order chi connectivity index (χ1) is 40.3. The molecule has 0 aliphatic heterocycles. The summed E-state index contributed by atoms with van der Waals surface area (Å²) in [6, 6.07) is 77.2. The number of para-hydroxylation sites is 4. The zero-order chi connectivity index (χ0) is 56.4. The zero-order valence-corrected chi connectivity index (χ0v) is 51.1. The predicted octanol–water partition coefficient (Wildman–Crippen LogP) is 19.5. The Morgan fingerprint density at radius 1 is 0.373 bits per heavy atom. The van der Waals surface area contributed by atoms with Gasteiger partial charge in [0.25, 0.3) is 0 Å². The highest BCUT2D eigenvalue weighted by Crippen LogP contribution is 2.61. The van der Waals surface area contributed by atoms with Crippen molar-refractivity contribution in [1.82, 2.24) is 28.7 Å². The van der Waals surface area contributed by atoms with Crippen LogP contribution in [0, 0.1) is 12.1 Å². The smallest absolute Gasteiger partial charge is 0.164 e. The Morgan fingerprint density at radius 3 is 1.33 bits per heavy atom. The SMILES string of the molecule is CS(C)(C)c1ccc(-c2nc(-c3ccc(S(C)(C)C4CCCCC4)cc3)nc(-c3cc(-n4c5ccccc5c5ccccc54)c(-n4c5ccc#cc5c5ccccc54)c(-n4c5ccccc5c5cc(S(C)(C)C6CCC6)ccc54)c3)n2)cc1. The van der Waals surface area contributed by atoms with Crippen LogP contribution in [-0.4, -0.2) is 82.9 Å². The van der Waals surface area contributed by atoms with Crippen LogP contribution in [0.1, 0.15) is 51.4 Å². The Kier molecular flexibility index (Phi) is 12.5. The Hall–Kier alpha value is -7.74. The second-order valence-electron chi connectivity index (χ2n) is 24.8. The maximum absolute atomic E-state index is 5.65. The van der Waals surface area contributed by atoms with Crippen LogP contribution in [-0.2, 0) is 0 Å². The topological polar surface area (TPSA) is 53.5 Å². The van der Waals surface area contributed by atoms with Crippen LogP contribution >= 0.6 is 30.1 Å². The van der Waals surface area contributed by atoms with Crippen LogP contribution in [0.15, 0.2) is 203 Å². The summed E-state index contributed by atoms with van der Waals surface area (Å²) in [5.74, 6) is 1.92. The van der Waals surface area contributed by atoms with Gasteiger partial charge in [-0.05, 0) is 186 Å². The van der Waals surface area contributed by atoms with Gasteiger partial charge in [-0.1, -0.05) is 135 Å². The van der Waals surface area contributed by atoms with Crippen LogP contribution in [0.2, 0.25) is 0 Å². The summed E-state index contributed by atoms with van der Waals surface area (Å²) in [4.78, 5) is 21.0. The molecule has 0 spiro atoms. The zero-order valence-electron chi connectivity index (χ0n) is 48.6. The molecule has 6 nitrogen and oxygen atoms in total. The van der Waals surface area contributed by atoms with E-state index in [9.17, 15) is 0 Å². The van der Waals surface area contributed by atoms with Gasteiger partial charge in [-0.15, -0.1) is 0 Å². The molecule has 0 unspecified atom stereocenters. The fraction of sp³-hybridized carbons (Fsp3) is 0.230. The van der Waals surface area contributed by atoms with Gasteiger partial charge >= 0.3 is 0 Å². The molecule has 2 fully saturated rings. The highest BCUT2D eigenvalue weighted by molar-refractivity contribution is 8.33. The van der Waals surface area contributed by atoms with Gasteiger partial charge in [-0.25, -0.2) is 45.0 Å². The van der Waals surface area contributed by atoms with Crippen LogP contribution in [0.3, 0.4) is 0 Å². The molecule has 15 rings (SSSR count). The molecule has 0 bridgehead atoms. The van der Waals surface area contributed by atoms with Crippen LogP contribution in [0.4, 0.5) is 0 Å². The van der Waals surface area contributed by atoms with Crippen LogP contribution in [0.5, 0.6) is 0 Å². The highest BCUT2D eigenvalue weighted by Gasteiger charge is 2.33. The summed E-state index contributed by atoms with van der Waals surface area (Å²) in [7, 11) is -3.04. The molecule has 9 aromatic carbocycles. The molecule has 0 saturated heterocycles. The van der Waals surface area contributed by atoms with E-state index in [1.807, 2.05) is 6.07 Å². The van der Waals surface area contributed by atoms with Gasteiger partial charge in [0.05, 0.1) is 55.5 Å². The number of rotatable bonds is 11. The van der Waals surface area contributed by atoms with Gasteiger partial charge in [0.15, 0.2) is 17.5 Å². The lowest BCUT2D eigenvalue weighted by atomic mass is 10.00. The molecule has 9 heteroatoms. The fourth-order valence-corrected chi connectivity index (χ4v) is 20.2. The van der Waals surface area contributed by atoms with Gasteiger partial charge in [0, 0.05) is 43.6 Å². The molecule has 414 valence electrons. The summed E-state index contributed by atoms with van der Waals surface area (Å²) in [5, 5.41) is 8.51. The largest absolute Gasteiger partial charge is 0.307 e. The molecule has 0 atom stereocenters. The third kappa shape index (κ3) is 8.61. The van der Waals surface area contributed by atoms with Gasteiger partial charge in [0.1, 0.15) is 0 Å². The van der Waals surface area contributed by atoms with E-state index in [0.717, 1.165) is 88.1 Å². The van der Waals surface area contributed by atoms with E-state index >= 15 is 0 Å². The number of benzene rings is 8. The lowest BCUT2D eigenvalue weighted by Crippen LogP contribution is -2.24. The van der Waals surface area contributed by atoms with Gasteiger partial charge in [0.2, 0.25) is 0 Å². The van der Waals surface area contributed by atoms with Crippen molar-refractivity contribution in [3.8, 4) is 51.2 Å². The van der Waals surface area contributed by atoms with E-state index < -0.39 is 30.1 Å². The lowest BCUT2D eigenvalue weighted by Gasteiger charge is -2.45. The monoisotopic (exact) mass is 1140 g/mol. The predicted molar refractivity (Wildman–Crippen MR) is 360 cm³/mol. The summed E-state index contributed by atoms with van der Waals surface area (Å²) in [6.45, 7) is 0. The average Bonchev–Trinajstić information content (AvgIpc) is 2.58. The Labute approximate surface area is 492 Å². The number of hydrogen-bond acceptors (Lipinski definition) is 3. The van der Waals surface area contributed by atoms with Gasteiger partial charge in [-0.2, -0.15) is 0 Å². The molecule has 2 saturated carbocycles. The molecule has 4 aromatic heterocycles. The number of aromatic nitrogens is 6. The standard InChI is InChI=1S/C74H70N6S3/c1-81(2,3)52-40-36-49(37-41-52)72-75-73(50-38-42-55(43-39-50)82(4,5)53-22-9-8-10-23-53)77-74(76-72)51-46-69(78-63-31-16-11-26-57(63)58-27-12-17-32-64(58)78)71(80-66-34-19-13-28-59(66)60-29-14-20-35-67(60)80)70(47-51)79-65-33-18-15-30-61(65)62-48-56(44-45-68(62)79)83(6,7)54-24-21-25-54/h11-13,15-20,26-28,30-48,53-54H,8-10,21-25H2,1-7H3. The Morgan fingerprint density at radius 2 is 0.807 bits per heavy atom. The summed E-state index contributed by atoms with van der Waals surface area (Å²) >= 11 is 0. The second kappa shape index (κ2) is 20.0. The third-order valence-corrected chi connectivity index (χ3v) is 27.7. The van der Waals surface area contributed by atoms with Gasteiger partial charge < -0.3 is 13.7 Å². The first-order valence-corrected chi connectivity index (χ1v) is 37.3. The lowest BCUT2D eigenvalue weighted by molar-refractivity contribution is 0.512. The van der Waals surface area contributed by atoms with Crippen molar-refractivity contribution in [3.05, 3.63) is 200 Å². The Bertz CT molecular complexity index is 4570. The highest BCUT2D eigenvalue weighted by atomic mass is 32.3. The number of hydrogen-bond donors (Lipinski definition) is 0. The Balaban J connectivity index is 1.07. The number of fused-ring (bicyclic) bond motifs is 9. The molecule has 0 radical (unpaired) electrons. The minimum absolute atomic E-state index is 0.613. The molecule has 13 aromatic rings. The third-order valence-electron chi connectivity index (χ3n) is 18.7. The molecule has 0 N–H and O–H groups in total.